The molecule has 1 N–H and O–H groups in total. The molecular weight excluding hydrogens is 228 g/mol. The van der Waals surface area contributed by atoms with E-state index < -0.39 is 0 Å². The van der Waals surface area contributed by atoms with Crippen molar-refractivity contribution in [2.75, 3.05) is 11.9 Å². The zero-order valence-corrected chi connectivity index (χ0v) is 9.81. The van der Waals surface area contributed by atoms with E-state index in [1.165, 1.54) is 23.3 Å². The first-order chi connectivity index (χ1) is 7.38. The van der Waals surface area contributed by atoms with Crippen molar-refractivity contribution in [2.45, 2.75) is 16.3 Å². The van der Waals surface area contributed by atoms with E-state index in [-0.39, 0.29) is 0 Å². The monoisotopic (exact) mass is 238 g/mol. The molecule has 0 saturated carbocycles. The van der Waals surface area contributed by atoms with Gasteiger partial charge in [0.25, 0.3) is 0 Å². The fourth-order valence-electron chi connectivity index (χ4n) is 1.05. The van der Waals surface area contributed by atoms with Crippen LogP contribution in [0.25, 0.3) is 0 Å². The van der Waals surface area contributed by atoms with Gasteiger partial charge < -0.3 is 5.32 Å². The average molecular weight is 238 g/mol. The molecule has 2 aromatic rings. The molecule has 0 amide bonds. The molecule has 15 heavy (non-hydrogen) atoms. The number of nitrogens with one attached hydrogen (secondary N) is 1. The van der Waals surface area contributed by atoms with Crippen molar-refractivity contribution in [3.63, 3.8) is 0 Å². The summed E-state index contributed by atoms with van der Waals surface area (Å²) in [6.07, 6.45) is 1.56. The summed E-state index contributed by atoms with van der Waals surface area (Å²) in [6.45, 7) is 2.92. The average Bonchev–Trinajstić information content (AvgIpc) is 2.71. The molecule has 78 valence electrons. The quantitative estimate of drug-likeness (QED) is 0.887. The van der Waals surface area contributed by atoms with Crippen molar-refractivity contribution in [2.24, 2.45) is 0 Å². The molecule has 0 aromatic carbocycles. The molecule has 0 fully saturated rings. The van der Waals surface area contributed by atoms with E-state index in [2.05, 4.69) is 19.7 Å². The first kappa shape index (κ1) is 10.4. The first-order valence-electron chi connectivity index (χ1n) is 4.54. The van der Waals surface area contributed by atoms with Crippen LogP contribution in [0, 0.1) is 0 Å². The van der Waals surface area contributed by atoms with Crippen LogP contribution in [0.1, 0.15) is 6.92 Å². The molecule has 0 spiro atoms. The highest BCUT2D eigenvalue weighted by Gasteiger charge is 2.02. The standard InChI is InChI=1S/C9H10N4S2/c1-2-10-7-4-3-5-8(13-7)14-9-11-6-12-15-9/h3-6H,2H2,1H3,(H,10,13). The molecule has 2 heterocycles. The number of anilines is 1. The molecule has 6 heteroatoms. The third kappa shape index (κ3) is 2.90. The molecule has 2 rings (SSSR count). The zero-order chi connectivity index (χ0) is 10.5. The third-order valence-corrected chi connectivity index (χ3v) is 3.27. The van der Waals surface area contributed by atoms with Crippen LogP contribution in [0.4, 0.5) is 5.82 Å². The fraction of sp³-hybridized carbons (Fsp3) is 0.222. The van der Waals surface area contributed by atoms with Gasteiger partial charge in [-0.3, -0.25) is 0 Å². The van der Waals surface area contributed by atoms with E-state index in [1.54, 1.807) is 6.33 Å². The Morgan fingerprint density at radius 1 is 1.47 bits per heavy atom. The highest BCUT2D eigenvalue weighted by Crippen LogP contribution is 2.26. The Morgan fingerprint density at radius 2 is 2.40 bits per heavy atom. The second-order valence-corrected chi connectivity index (χ2v) is 4.75. The van der Waals surface area contributed by atoms with Gasteiger partial charge in [-0.15, -0.1) is 0 Å². The van der Waals surface area contributed by atoms with Gasteiger partial charge in [0.1, 0.15) is 17.2 Å². The first-order valence-corrected chi connectivity index (χ1v) is 6.13. The molecule has 0 saturated heterocycles. The summed E-state index contributed by atoms with van der Waals surface area (Å²) in [6, 6.07) is 5.90. The van der Waals surface area contributed by atoms with Gasteiger partial charge in [0.2, 0.25) is 0 Å². The Balaban J connectivity index is 2.11. The van der Waals surface area contributed by atoms with Gasteiger partial charge in [0.05, 0.1) is 0 Å². The summed E-state index contributed by atoms with van der Waals surface area (Å²) < 4.78 is 4.86. The van der Waals surface area contributed by atoms with Crippen molar-refractivity contribution in [3.05, 3.63) is 24.5 Å². The number of rotatable bonds is 4. The number of nitrogens with zero attached hydrogens (tertiary/aromatic N) is 3. The minimum Gasteiger partial charge on any atom is -0.370 e. The lowest BCUT2D eigenvalue weighted by atomic mass is 10.4. The van der Waals surface area contributed by atoms with Gasteiger partial charge in [0.15, 0.2) is 4.34 Å². The van der Waals surface area contributed by atoms with Crippen LogP contribution in [-0.2, 0) is 0 Å². The number of hydrogen-bond donors (Lipinski definition) is 1. The van der Waals surface area contributed by atoms with Crippen molar-refractivity contribution in [3.8, 4) is 0 Å². The van der Waals surface area contributed by atoms with Crippen LogP contribution in [0.2, 0.25) is 0 Å². The lowest BCUT2D eigenvalue weighted by Gasteiger charge is -2.02. The summed E-state index contributed by atoms with van der Waals surface area (Å²) in [7, 11) is 0. The van der Waals surface area contributed by atoms with E-state index in [1.807, 2.05) is 25.1 Å². The number of hydrogen-bond acceptors (Lipinski definition) is 6. The zero-order valence-electron chi connectivity index (χ0n) is 8.17. The molecule has 0 aliphatic rings. The van der Waals surface area contributed by atoms with Gasteiger partial charge in [0, 0.05) is 6.54 Å². The smallest absolute Gasteiger partial charge is 0.175 e. The van der Waals surface area contributed by atoms with Gasteiger partial charge >= 0.3 is 0 Å². The minimum atomic E-state index is 0.875. The summed E-state index contributed by atoms with van der Waals surface area (Å²) in [5.74, 6) is 0.895. The van der Waals surface area contributed by atoms with E-state index >= 15 is 0 Å². The Labute approximate surface area is 96.3 Å². The van der Waals surface area contributed by atoms with Crippen LogP contribution in [-0.4, -0.2) is 20.9 Å². The highest BCUT2D eigenvalue weighted by atomic mass is 32.2. The molecule has 0 bridgehead atoms. The SMILES string of the molecule is CCNc1cccc(Sc2ncns2)n1. The topological polar surface area (TPSA) is 50.7 Å². The normalized spacial score (nSPS) is 10.2. The van der Waals surface area contributed by atoms with Crippen LogP contribution in [0.5, 0.6) is 0 Å². The third-order valence-electron chi connectivity index (χ3n) is 1.61. The molecule has 0 radical (unpaired) electrons. The Hall–Kier alpha value is -1.14. The maximum absolute atomic E-state index is 4.43. The van der Waals surface area contributed by atoms with Crippen LogP contribution >= 0.6 is 23.3 Å². The molecular formula is C9H10N4S2. The molecule has 4 nitrogen and oxygen atoms in total. The van der Waals surface area contributed by atoms with E-state index in [0.29, 0.717) is 0 Å². The fourth-order valence-corrected chi connectivity index (χ4v) is 2.43. The Bertz CT molecular complexity index is 416. The lowest BCUT2D eigenvalue weighted by molar-refractivity contribution is 1.08. The minimum absolute atomic E-state index is 0.875. The summed E-state index contributed by atoms with van der Waals surface area (Å²) in [5.41, 5.74) is 0. The van der Waals surface area contributed by atoms with Crippen molar-refractivity contribution < 1.29 is 0 Å². The maximum Gasteiger partial charge on any atom is 0.175 e. The van der Waals surface area contributed by atoms with Gasteiger partial charge in [-0.25, -0.2) is 9.97 Å². The summed E-state index contributed by atoms with van der Waals surface area (Å²) in [4.78, 5) is 8.53. The molecule has 0 unspecified atom stereocenters. The van der Waals surface area contributed by atoms with Gasteiger partial charge in [-0.1, -0.05) is 6.07 Å². The van der Waals surface area contributed by atoms with Crippen LogP contribution < -0.4 is 5.32 Å². The number of aromatic nitrogens is 3. The van der Waals surface area contributed by atoms with Crippen molar-refractivity contribution in [1.29, 1.82) is 0 Å². The van der Waals surface area contributed by atoms with Crippen LogP contribution in [0.15, 0.2) is 33.9 Å². The predicted molar refractivity (Wildman–Crippen MR) is 62.4 cm³/mol. The van der Waals surface area contributed by atoms with Gasteiger partial charge in [-0.05, 0) is 42.4 Å². The molecule has 0 atom stereocenters. The van der Waals surface area contributed by atoms with E-state index in [9.17, 15) is 0 Å². The van der Waals surface area contributed by atoms with E-state index in [0.717, 1.165) is 21.7 Å². The van der Waals surface area contributed by atoms with E-state index in [4.69, 9.17) is 0 Å². The molecule has 0 aliphatic heterocycles. The Morgan fingerprint density at radius 3 is 3.13 bits per heavy atom. The number of pyridine rings is 1. The lowest BCUT2D eigenvalue weighted by Crippen LogP contribution is -1.98. The summed E-state index contributed by atoms with van der Waals surface area (Å²) >= 11 is 2.91. The second kappa shape index (κ2) is 5.09. The highest BCUT2D eigenvalue weighted by molar-refractivity contribution is 8.00. The molecule has 0 aliphatic carbocycles. The second-order valence-electron chi connectivity index (χ2n) is 2.70. The summed E-state index contributed by atoms with van der Waals surface area (Å²) in [5, 5.41) is 4.11. The van der Waals surface area contributed by atoms with Crippen LogP contribution in [0.3, 0.4) is 0 Å². The largest absolute Gasteiger partial charge is 0.370 e. The predicted octanol–water partition coefficient (Wildman–Crippen LogP) is 2.52. The maximum atomic E-state index is 4.43. The molecule has 2 aromatic heterocycles. The van der Waals surface area contributed by atoms with Gasteiger partial charge in [-0.2, -0.15) is 4.37 Å². The van der Waals surface area contributed by atoms with Crippen molar-refractivity contribution in [1.82, 2.24) is 14.3 Å². The Kier molecular flexibility index (Phi) is 3.52. The van der Waals surface area contributed by atoms with Crippen molar-refractivity contribution >= 4 is 29.1 Å².